The second-order valence-electron chi connectivity index (χ2n) is 5.03. The van der Waals surface area contributed by atoms with E-state index in [1.54, 1.807) is 11.3 Å². The average Bonchev–Trinajstić information content (AvgIpc) is 2.78. The number of carbonyl (C=O) groups excluding carboxylic acids is 2. The normalized spacial score (nSPS) is 26.3. The van der Waals surface area contributed by atoms with Crippen molar-refractivity contribution in [3.63, 3.8) is 0 Å². The number of rotatable bonds is 2. The lowest BCUT2D eigenvalue weighted by Crippen LogP contribution is -2.47. The van der Waals surface area contributed by atoms with Gasteiger partial charge in [-0.25, -0.2) is 0 Å². The maximum Gasteiger partial charge on any atom is 0.222 e. The first-order valence-electron chi connectivity index (χ1n) is 5.85. The molecule has 1 aliphatic heterocycles. The third-order valence-corrected chi connectivity index (χ3v) is 4.23. The van der Waals surface area contributed by atoms with Crippen LogP contribution in [0.25, 0.3) is 0 Å². The standard InChI is InChI=1S/C13H17NO3S/c1-8-5-11(18-7-8)12-10(6-15)14(9(2)16)13(3,4)17-12/h5-7,10,12H,1-4H3/t10-,12-/m0/s1. The Hall–Kier alpha value is -1.20. The molecule has 0 saturated carbocycles. The topological polar surface area (TPSA) is 46.6 Å². The van der Waals surface area contributed by atoms with E-state index in [-0.39, 0.29) is 12.0 Å². The van der Waals surface area contributed by atoms with Gasteiger partial charge in [0.15, 0.2) is 0 Å². The van der Waals surface area contributed by atoms with Gasteiger partial charge in [0.2, 0.25) is 5.91 Å². The van der Waals surface area contributed by atoms with Crippen LogP contribution in [-0.2, 0) is 14.3 Å². The van der Waals surface area contributed by atoms with Crippen LogP contribution in [0, 0.1) is 6.92 Å². The molecule has 1 aliphatic rings. The van der Waals surface area contributed by atoms with Crippen LogP contribution in [-0.4, -0.2) is 28.9 Å². The van der Waals surface area contributed by atoms with Crippen molar-refractivity contribution < 1.29 is 14.3 Å². The molecular weight excluding hydrogens is 250 g/mol. The third kappa shape index (κ3) is 2.08. The van der Waals surface area contributed by atoms with E-state index < -0.39 is 11.8 Å². The maximum atomic E-state index is 11.7. The highest BCUT2D eigenvalue weighted by atomic mass is 32.1. The lowest BCUT2D eigenvalue weighted by Gasteiger charge is -2.30. The summed E-state index contributed by atoms with van der Waals surface area (Å²) in [5.41, 5.74) is 0.391. The van der Waals surface area contributed by atoms with E-state index in [2.05, 4.69) is 0 Å². The molecular formula is C13H17NO3S. The van der Waals surface area contributed by atoms with Gasteiger partial charge in [-0.1, -0.05) is 0 Å². The lowest BCUT2D eigenvalue weighted by molar-refractivity contribution is -0.146. The molecule has 1 saturated heterocycles. The number of ether oxygens (including phenoxy) is 1. The minimum Gasteiger partial charge on any atom is -0.345 e. The summed E-state index contributed by atoms with van der Waals surface area (Å²) in [7, 11) is 0. The molecule has 0 aromatic carbocycles. The maximum absolute atomic E-state index is 11.7. The van der Waals surface area contributed by atoms with Crippen molar-refractivity contribution in [2.75, 3.05) is 0 Å². The third-order valence-electron chi connectivity index (χ3n) is 3.11. The number of aryl methyl sites for hydroxylation is 1. The van der Waals surface area contributed by atoms with Gasteiger partial charge in [0.25, 0.3) is 0 Å². The summed E-state index contributed by atoms with van der Waals surface area (Å²) in [5.74, 6) is -0.145. The summed E-state index contributed by atoms with van der Waals surface area (Å²) in [6.07, 6.45) is 0.440. The smallest absolute Gasteiger partial charge is 0.222 e. The molecule has 5 heteroatoms. The Morgan fingerprint density at radius 1 is 1.56 bits per heavy atom. The van der Waals surface area contributed by atoms with Gasteiger partial charge < -0.3 is 14.4 Å². The van der Waals surface area contributed by atoms with Crippen LogP contribution in [0.4, 0.5) is 0 Å². The van der Waals surface area contributed by atoms with Crippen molar-refractivity contribution >= 4 is 23.5 Å². The van der Waals surface area contributed by atoms with Gasteiger partial charge in [0, 0.05) is 11.8 Å². The van der Waals surface area contributed by atoms with Crippen LogP contribution in [0.2, 0.25) is 0 Å². The Labute approximate surface area is 111 Å². The number of carbonyl (C=O) groups is 2. The number of aldehydes is 1. The first kappa shape index (κ1) is 13.2. The number of hydrogen-bond donors (Lipinski definition) is 0. The Kier molecular flexibility index (Phi) is 3.29. The second-order valence-corrected chi connectivity index (χ2v) is 5.97. The van der Waals surface area contributed by atoms with E-state index in [4.69, 9.17) is 4.74 Å². The van der Waals surface area contributed by atoms with Gasteiger partial charge in [-0.15, -0.1) is 11.3 Å². The summed E-state index contributed by atoms with van der Waals surface area (Å²) < 4.78 is 5.91. The summed E-state index contributed by atoms with van der Waals surface area (Å²) in [4.78, 5) is 25.5. The molecule has 1 amide bonds. The molecule has 0 aliphatic carbocycles. The quantitative estimate of drug-likeness (QED) is 0.772. The number of amides is 1. The fourth-order valence-electron chi connectivity index (χ4n) is 2.48. The van der Waals surface area contributed by atoms with Gasteiger partial charge in [-0.05, 0) is 37.8 Å². The second kappa shape index (κ2) is 4.48. The van der Waals surface area contributed by atoms with Gasteiger partial charge in [0.1, 0.15) is 24.2 Å². The van der Waals surface area contributed by atoms with E-state index >= 15 is 0 Å². The lowest BCUT2D eigenvalue weighted by atomic mass is 10.1. The van der Waals surface area contributed by atoms with Gasteiger partial charge >= 0.3 is 0 Å². The molecule has 1 fully saturated rings. The molecule has 0 spiro atoms. The molecule has 98 valence electrons. The molecule has 4 nitrogen and oxygen atoms in total. The molecule has 1 aromatic heterocycles. The van der Waals surface area contributed by atoms with Crippen molar-refractivity contribution in [3.8, 4) is 0 Å². The first-order valence-corrected chi connectivity index (χ1v) is 6.73. The fraction of sp³-hybridized carbons (Fsp3) is 0.538. The fourth-order valence-corrected chi connectivity index (χ4v) is 3.45. The van der Waals surface area contributed by atoms with Crippen molar-refractivity contribution in [1.29, 1.82) is 0 Å². The highest BCUT2D eigenvalue weighted by Gasteiger charge is 2.49. The predicted molar refractivity (Wildman–Crippen MR) is 69.3 cm³/mol. The van der Waals surface area contributed by atoms with E-state index in [1.165, 1.54) is 11.8 Å². The zero-order valence-corrected chi connectivity index (χ0v) is 11.8. The van der Waals surface area contributed by atoms with Crippen LogP contribution < -0.4 is 0 Å². The average molecular weight is 267 g/mol. The highest BCUT2D eigenvalue weighted by Crippen LogP contribution is 2.41. The molecule has 1 aromatic rings. The van der Waals surface area contributed by atoms with Gasteiger partial charge in [0.05, 0.1) is 0 Å². The Bertz CT molecular complexity index is 480. The van der Waals surface area contributed by atoms with E-state index in [9.17, 15) is 9.59 Å². The summed E-state index contributed by atoms with van der Waals surface area (Å²) in [6, 6.07) is 1.46. The number of hydrogen-bond acceptors (Lipinski definition) is 4. The van der Waals surface area contributed by atoms with E-state index in [0.717, 1.165) is 16.7 Å². The monoisotopic (exact) mass is 267 g/mol. The van der Waals surface area contributed by atoms with Gasteiger partial charge in [-0.2, -0.15) is 0 Å². The molecule has 18 heavy (non-hydrogen) atoms. The van der Waals surface area contributed by atoms with Crippen molar-refractivity contribution in [2.24, 2.45) is 0 Å². The predicted octanol–water partition coefficient (Wildman–Crippen LogP) is 2.28. The molecule has 0 bridgehead atoms. The summed E-state index contributed by atoms with van der Waals surface area (Å²) >= 11 is 1.56. The van der Waals surface area contributed by atoms with Crippen LogP contribution in [0.5, 0.6) is 0 Å². The molecule has 0 radical (unpaired) electrons. The van der Waals surface area contributed by atoms with Crippen molar-refractivity contribution in [1.82, 2.24) is 4.90 Å². The minimum absolute atomic E-state index is 0.145. The SMILES string of the molecule is CC(=O)N1[C@@H](C=O)[C@@H](c2cc(C)cs2)OC1(C)C. The summed E-state index contributed by atoms with van der Waals surface area (Å²) in [6.45, 7) is 7.08. The molecule has 2 heterocycles. The minimum atomic E-state index is -0.750. The van der Waals surface area contributed by atoms with E-state index in [0.29, 0.717) is 0 Å². The molecule has 2 atom stereocenters. The van der Waals surface area contributed by atoms with Crippen LogP contribution >= 0.6 is 11.3 Å². The van der Waals surface area contributed by atoms with Gasteiger partial charge in [-0.3, -0.25) is 4.79 Å². The first-order chi connectivity index (χ1) is 8.36. The Balaban J connectivity index is 2.39. The number of nitrogens with zero attached hydrogens (tertiary/aromatic N) is 1. The Morgan fingerprint density at radius 3 is 2.67 bits per heavy atom. The molecule has 0 N–H and O–H groups in total. The zero-order chi connectivity index (χ0) is 13.5. The Morgan fingerprint density at radius 2 is 2.22 bits per heavy atom. The highest BCUT2D eigenvalue weighted by molar-refractivity contribution is 7.10. The number of thiophene rings is 1. The van der Waals surface area contributed by atoms with Crippen LogP contribution in [0.3, 0.4) is 0 Å². The van der Waals surface area contributed by atoms with Crippen molar-refractivity contribution in [3.05, 3.63) is 21.9 Å². The van der Waals surface area contributed by atoms with Crippen LogP contribution in [0.1, 0.15) is 37.3 Å². The van der Waals surface area contributed by atoms with E-state index in [1.807, 2.05) is 32.2 Å². The molecule has 0 unspecified atom stereocenters. The summed E-state index contributed by atoms with van der Waals surface area (Å²) in [5, 5.41) is 2.02. The zero-order valence-electron chi connectivity index (χ0n) is 11.0. The largest absolute Gasteiger partial charge is 0.345 e. The molecule has 2 rings (SSSR count). The van der Waals surface area contributed by atoms with Crippen molar-refractivity contribution in [2.45, 2.75) is 45.6 Å². The van der Waals surface area contributed by atoms with Crippen LogP contribution in [0.15, 0.2) is 11.4 Å².